The molecule has 0 spiro atoms. The Morgan fingerprint density at radius 2 is 2.00 bits per heavy atom. The van der Waals surface area contributed by atoms with Crippen LogP contribution in [-0.2, 0) is 19.6 Å². The lowest BCUT2D eigenvalue weighted by Gasteiger charge is -2.22. The number of anilines is 1. The van der Waals surface area contributed by atoms with E-state index in [0.29, 0.717) is 31.0 Å². The third-order valence-corrected chi connectivity index (χ3v) is 4.80. The fraction of sp³-hybridized carbons (Fsp3) is 0.611. The number of rotatable bonds is 12. The minimum absolute atomic E-state index is 0.0892. The second kappa shape index (κ2) is 11.0. The molecule has 26 heavy (non-hydrogen) atoms. The van der Waals surface area contributed by atoms with Gasteiger partial charge in [-0.25, -0.2) is 8.42 Å². The van der Waals surface area contributed by atoms with Gasteiger partial charge in [-0.2, -0.15) is 0 Å². The van der Waals surface area contributed by atoms with Gasteiger partial charge in [0.1, 0.15) is 5.75 Å². The highest BCUT2D eigenvalue weighted by molar-refractivity contribution is 7.92. The van der Waals surface area contributed by atoms with Crippen molar-refractivity contribution in [3.05, 3.63) is 24.3 Å². The van der Waals surface area contributed by atoms with Crippen LogP contribution in [-0.4, -0.2) is 53.5 Å². The van der Waals surface area contributed by atoms with Crippen LogP contribution in [0.25, 0.3) is 0 Å². The second-order valence-electron chi connectivity index (χ2n) is 6.26. The van der Waals surface area contributed by atoms with Crippen molar-refractivity contribution in [1.82, 2.24) is 5.32 Å². The van der Waals surface area contributed by atoms with E-state index in [9.17, 15) is 13.2 Å². The average Bonchev–Trinajstić information content (AvgIpc) is 2.57. The summed E-state index contributed by atoms with van der Waals surface area (Å²) in [7, 11) is -1.92. The van der Waals surface area contributed by atoms with Gasteiger partial charge in [-0.3, -0.25) is 9.10 Å². The summed E-state index contributed by atoms with van der Waals surface area (Å²) in [5.74, 6) is 0.492. The molecule has 0 aromatic heterocycles. The molecule has 0 radical (unpaired) electrons. The van der Waals surface area contributed by atoms with Gasteiger partial charge in [-0.1, -0.05) is 6.07 Å². The van der Waals surface area contributed by atoms with Crippen LogP contribution in [0.5, 0.6) is 5.75 Å². The first-order valence-electron chi connectivity index (χ1n) is 8.74. The number of amides is 1. The quantitative estimate of drug-likeness (QED) is 0.557. The average molecular weight is 387 g/mol. The van der Waals surface area contributed by atoms with Gasteiger partial charge in [-0.05, 0) is 38.8 Å². The number of hydrogen-bond donors (Lipinski definition) is 1. The van der Waals surface area contributed by atoms with Gasteiger partial charge < -0.3 is 14.8 Å². The molecule has 148 valence electrons. The fourth-order valence-electron chi connectivity index (χ4n) is 2.34. The molecule has 1 rings (SSSR count). The van der Waals surface area contributed by atoms with Crippen molar-refractivity contribution in [2.24, 2.45) is 0 Å². The van der Waals surface area contributed by atoms with Crippen molar-refractivity contribution < 1.29 is 22.7 Å². The number of benzene rings is 1. The van der Waals surface area contributed by atoms with E-state index in [-0.39, 0.29) is 25.0 Å². The predicted octanol–water partition coefficient (Wildman–Crippen LogP) is 2.17. The summed E-state index contributed by atoms with van der Waals surface area (Å²) < 4.78 is 36.0. The normalized spacial score (nSPS) is 11.4. The molecule has 1 N–H and O–H groups in total. The van der Waals surface area contributed by atoms with E-state index in [1.54, 1.807) is 24.3 Å². The first kappa shape index (κ1) is 22.2. The van der Waals surface area contributed by atoms with Crippen LogP contribution in [0, 0.1) is 0 Å². The van der Waals surface area contributed by atoms with Crippen LogP contribution in [0.3, 0.4) is 0 Å². The van der Waals surface area contributed by atoms with E-state index in [4.69, 9.17) is 9.47 Å². The van der Waals surface area contributed by atoms with Crippen molar-refractivity contribution in [3.8, 4) is 5.75 Å². The topological polar surface area (TPSA) is 84.9 Å². The molecule has 0 aliphatic carbocycles. The highest BCUT2D eigenvalue weighted by Gasteiger charge is 2.18. The van der Waals surface area contributed by atoms with Crippen LogP contribution in [0.4, 0.5) is 5.69 Å². The van der Waals surface area contributed by atoms with Gasteiger partial charge in [0.2, 0.25) is 15.9 Å². The summed E-state index contributed by atoms with van der Waals surface area (Å²) in [6.07, 6.45) is 2.79. The van der Waals surface area contributed by atoms with Gasteiger partial charge in [0, 0.05) is 32.2 Å². The first-order chi connectivity index (χ1) is 12.2. The Morgan fingerprint density at radius 1 is 1.27 bits per heavy atom. The minimum atomic E-state index is -3.44. The Balaban J connectivity index is 2.47. The zero-order valence-corrected chi connectivity index (χ0v) is 16.8. The lowest BCUT2D eigenvalue weighted by atomic mass is 10.2. The molecule has 7 nitrogen and oxygen atoms in total. The monoisotopic (exact) mass is 386 g/mol. The van der Waals surface area contributed by atoms with Crippen molar-refractivity contribution in [1.29, 1.82) is 0 Å². The zero-order valence-electron chi connectivity index (χ0n) is 16.0. The number of carbonyl (C=O) groups excluding carboxylic acids is 1. The molecule has 1 aromatic rings. The largest absolute Gasteiger partial charge is 0.497 e. The van der Waals surface area contributed by atoms with Gasteiger partial charge in [-0.15, -0.1) is 0 Å². The molecule has 0 saturated heterocycles. The predicted molar refractivity (Wildman–Crippen MR) is 103 cm³/mol. The molecule has 8 heteroatoms. The fourth-order valence-corrected chi connectivity index (χ4v) is 3.30. The Labute approximate surface area is 156 Å². The SMILES string of the molecule is COc1cccc(N(CCCC(=O)NCCCOC(C)C)S(C)(=O)=O)c1. The Morgan fingerprint density at radius 3 is 2.62 bits per heavy atom. The van der Waals surface area contributed by atoms with E-state index >= 15 is 0 Å². The summed E-state index contributed by atoms with van der Waals surface area (Å²) >= 11 is 0. The molecule has 1 amide bonds. The summed E-state index contributed by atoms with van der Waals surface area (Å²) in [5, 5.41) is 2.82. The van der Waals surface area contributed by atoms with Crippen molar-refractivity contribution in [2.75, 3.05) is 37.4 Å². The molecule has 0 aliphatic rings. The molecular weight excluding hydrogens is 356 g/mol. The molecule has 0 aliphatic heterocycles. The van der Waals surface area contributed by atoms with Gasteiger partial charge in [0.15, 0.2) is 0 Å². The third kappa shape index (κ3) is 8.53. The van der Waals surface area contributed by atoms with Crippen LogP contribution in [0.1, 0.15) is 33.1 Å². The van der Waals surface area contributed by atoms with Gasteiger partial charge in [0.25, 0.3) is 0 Å². The Bertz CT molecular complexity index is 661. The zero-order chi connectivity index (χ0) is 19.6. The molecule has 0 bridgehead atoms. The minimum Gasteiger partial charge on any atom is -0.497 e. The lowest BCUT2D eigenvalue weighted by Crippen LogP contribution is -2.32. The maximum absolute atomic E-state index is 12.1. The third-order valence-electron chi connectivity index (χ3n) is 3.60. The summed E-state index contributed by atoms with van der Waals surface area (Å²) in [4.78, 5) is 11.9. The number of nitrogens with one attached hydrogen (secondary N) is 1. The number of sulfonamides is 1. The van der Waals surface area contributed by atoms with Gasteiger partial charge in [0.05, 0.1) is 25.2 Å². The van der Waals surface area contributed by atoms with Crippen molar-refractivity contribution in [2.45, 2.75) is 39.2 Å². The highest BCUT2D eigenvalue weighted by Crippen LogP contribution is 2.23. The summed E-state index contributed by atoms with van der Waals surface area (Å²) in [6, 6.07) is 6.85. The van der Waals surface area contributed by atoms with E-state index in [2.05, 4.69) is 5.32 Å². The number of ether oxygens (including phenoxy) is 2. The summed E-state index contributed by atoms with van der Waals surface area (Å²) in [5.41, 5.74) is 0.526. The number of hydrogen-bond acceptors (Lipinski definition) is 5. The smallest absolute Gasteiger partial charge is 0.232 e. The van der Waals surface area contributed by atoms with E-state index in [1.807, 2.05) is 13.8 Å². The Hall–Kier alpha value is -1.80. The summed E-state index contributed by atoms with van der Waals surface area (Å²) in [6.45, 7) is 5.33. The molecule has 0 atom stereocenters. The van der Waals surface area contributed by atoms with Crippen molar-refractivity contribution in [3.63, 3.8) is 0 Å². The molecule has 1 aromatic carbocycles. The van der Waals surface area contributed by atoms with Crippen LogP contribution < -0.4 is 14.4 Å². The molecular formula is C18H30N2O5S. The molecule has 0 fully saturated rings. The molecule has 0 saturated carbocycles. The van der Waals surface area contributed by atoms with E-state index in [0.717, 1.165) is 12.7 Å². The van der Waals surface area contributed by atoms with Crippen LogP contribution >= 0.6 is 0 Å². The van der Waals surface area contributed by atoms with Crippen LogP contribution in [0.15, 0.2) is 24.3 Å². The van der Waals surface area contributed by atoms with E-state index < -0.39 is 10.0 Å². The molecule has 0 heterocycles. The van der Waals surface area contributed by atoms with Gasteiger partial charge >= 0.3 is 0 Å². The first-order valence-corrected chi connectivity index (χ1v) is 10.6. The number of carbonyl (C=O) groups is 1. The second-order valence-corrected chi connectivity index (χ2v) is 8.17. The maximum Gasteiger partial charge on any atom is 0.232 e. The molecule has 0 unspecified atom stereocenters. The Kier molecular flexibility index (Phi) is 9.43. The maximum atomic E-state index is 12.1. The highest BCUT2D eigenvalue weighted by atomic mass is 32.2. The number of nitrogens with zero attached hydrogens (tertiary/aromatic N) is 1. The standard InChI is InChI=1S/C18H30N2O5S/c1-15(2)25-13-7-11-19-18(21)10-6-12-20(26(4,22)23)16-8-5-9-17(14-16)24-3/h5,8-9,14-15H,6-7,10-13H2,1-4H3,(H,19,21). The lowest BCUT2D eigenvalue weighted by molar-refractivity contribution is -0.121. The van der Waals surface area contributed by atoms with E-state index in [1.165, 1.54) is 11.4 Å². The van der Waals surface area contributed by atoms with Crippen molar-refractivity contribution >= 4 is 21.6 Å². The van der Waals surface area contributed by atoms with Crippen LogP contribution in [0.2, 0.25) is 0 Å². The number of methoxy groups -OCH3 is 1.